The Morgan fingerprint density at radius 2 is 2.35 bits per heavy atom. The fourth-order valence-electron chi connectivity index (χ4n) is 4.08. The molecule has 0 aromatic carbocycles. The Balaban J connectivity index is 1.65. The lowest BCUT2D eigenvalue weighted by Gasteiger charge is -2.43. The molecule has 1 amide bonds. The molecule has 0 saturated carbocycles. The smallest absolute Gasteiger partial charge is 0.265 e. The number of nitrogens with zero attached hydrogens (tertiary/aromatic N) is 2. The average molecular weight is 348 g/mol. The monoisotopic (exact) mass is 347 g/mol. The van der Waals surface area contributed by atoms with Crippen LogP contribution in [0.25, 0.3) is 0 Å². The average Bonchev–Trinajstić information content (AvgIpc) is 3.18. The molecule has 4 nitrogen and oxygen atoms in total. The molecule has 1 fully saturated rings. The van der Waals surface area contributed by atoms with E-state index in [4.69, 9.17) is 4.98 Å². The van der Waals surface area contributed by atoms with Crippen molar-refractivity contribution in [1.82, 2.24) is 14.9 Å². The number of aromatic amines is 1. The van der Waals surface area contributed by atoms with E-state index in [2.05, 4.69) is 16.0 Å². The van der Waals surface area contributed by atoms with Crippen LogP contribution in [0.4, 0.5) is 0 Å². The second kappa shape index (κ2) is 5.98. The minimum atomic E-state index is 0.217. The quantitative estimate of drug-likeness (QED) is 0.840. The highest BCUT2D eigenvalue weighted by molar-refractivity contribution is 7.98. The SMILES string of the molecule is CSc1ccsc1C(=O)N1CCC[C@H]2c3nc(C)[nH]c3CC[C@H]21. The number of carbonyl (C=O) groups is 1. The Hall–Kier alpha value is -1.27. The lowest BCUT2D eigenvalue weighted by atomic mass is 9.78. The third kappa shape index (κ3) is 2.52. The molecule has 2 atom stereocenters. The van der Waals surface area contributed by atoms with Gasteiger partial charge in [-0.25, -0.2) is 4.98 Å². The first-order valence-electron chi connectivity index (χ1n) is 8.17. The van der Waals surface area contributed by atoms with Gasteiger partial charge >= 0.3 is 0 Å². The Labute approximate surface area is 144 Å². The fraction of sp³-hybridized carbons (Fsp3) is 0.529. The topological polar surface area (TPSA) is 49.0 Å². The van der Waals surface area contributed by atoms with Crippen LogP contribution in [0.15, 0.2) is 16.3 Å². The molecule has 1 saturated heterocycles. The van der Waals surface area contributed by atoms with Crippen molar-refractivity contribution in [3.63, 3.8) is 0 Å². The molecule has 0 bridgehead atoms. The molecule has 1 aliphatic carbocycles. The first kappa shape index (κ1) is 15.3. The summed E-state index contributed by atoms with van der Waals surface area (Å²) in [6.07, 6.45) is 6.30. The van der Waals surface area contributed by atoms with Crippen molar-refractivity contribution in [2.75, 3.05) is 12.8 Å². The maximum Gasteiger partial charge on any atom is 0.265 e. The van der Waals surface area contributed by atoms with Gasteiger partial charge in [-0.15, -0.1) is 23.1 Å². The highest BCUT2D eigenvalue weighted by Crippen LogP contribution is 2.41. The number of likely N-dealkylation sites (tertiary alicyclic amines) is 1. The minimum Gasteiger partial charge on any atom is -0.346 e. The number of fused-ring (bicyclic) bond motifs is 3. The van der Waals surface area contributed by atoms with Gasteiger partial charge in [0.15, 0.2) is 0 Å². The predicted molar refractivity (Wildman–Crippen MR) is 94.5 cm³/mol. The van der Waals surface area contributed by atoms with Crippen LogP contribution < -0.4 is 0 Å². The molecule has 122 valence electrons. The lowest BCUT2D eigenvalue weighted by Crippen LogP contribution is -2.49. The van der Waals surface area contributed by atoms with E-state index in [-0.39, 0.29) is 5.91 Å². The number of rotatable bonds is 2. The van der Waals surface area contributed by atoms with E-state index in [1.165, 1.54) is 11.4 Å². The maximum absolute atomic E-state index is 13.1. The van der Waals surface area contributed by atoms with Gasteiger partial charge in [-0.3, -0.25) is 4.79 Å². The molecule has 0 spiro atoms. The van der Waals surface area contributed by atoms with Gasteiger partial charge in [0.1, 0.15) is 10.7 Å². The van der Waals surface area contributed by atoms with Crippen LogP contribution in [-0.2, 0) is 6.42 Å². The molecule has 2 aromatic heterocycles. The van der Waals surface area contributed by atoms with Gasteiger partial charge in [-0.1, -0.05) is 0 Å². The van der Waals surface area contributed by atoms with Crippen LogP contribution >= 0.6 is 23.1 Å². The van der Waals surface area contributed by atoms with Crippen LogP contribution in [-0.4, -0.2) is 39.6 Å². The van der Waals surface area contributed by atoms with Crippen LogP contribution in [0.1, 0.15) is 52.1 Å². The number of hydrogen-bond donors (Lipinski definition) is 1. The molecule has 2 aliphatic rings. The molecule has 2 aromatic rings. The zero-order valence-electron chi connectivity index (χ0n) is 13.5. The zero-order valence-corrected chi connectivity index (χ0v) is 15.1. The number of thioether (sulfide) groups is 1. The molecule has 0 unspecified atom stereocenters. The van der Waals surface area contributed by atoms with E-state index in [0.29, 0.717) is 12.0 Å². The second-order valence-electron chi connectivity index (χ2n) is 6.36. The van der Waals surface area contributed by atoms with Gasteiger partial charge < -0.3 is 9.88 Å². The number of imidazole rings is 1. The van der Waals surface area contributed by atoms with Crippen molar-refractivity contribution in [3.8, 4) is 0 Å². The maximum atomic E-state index is 13.1. The van der Waals surface area contributed by atoms with Crippen molar-refractivity contribution < 1.29 is 4.79 Å². The van der Waals surface area contributed by atoms with Gasteiger partial charge in [0, 0.05) is 29.1 Å². The summed E-state index contributed by atoms with van der Waals surface area (Å²) >= 11 is 3.23. The van der Waals surface area contributed by atoms with E-state index in [0.717, 1.165) is 47.8 Å². The number of aromatic nitrogens is 2. The summed E-state index contributed by atoms with van der Waals surface area (Å²) in [7, 11) is 0. The number of H-pyrrole nitrogens is 1. The predicted octanol–water partition coefficient (Wildman–Crippen LogP) is 3.84. The van der Waals surface area contributed by atoms with E-state index in [1.54, 1.807) is 23.1 Å². The van der Waals surface area contributed by atoms with Gasteiger partial charge in [-0.2, -0.15) is 0 Å². The summed E-state index contributed by atoms with van der Waals surface area (Å²) in [6, 6.07) is 2.36. The van der Waals surface area contributed by atoms with Gasteiger partial charge in [0.25, 0.3) is 5.91 Å². The van der Waals surface area contributed by atoms with Gasteiger partial charge in [0.05, 0.1) is 5.69 Å². The van der Waals surface area contributed by atoms with Crippen molar-refractivity contribution in [2.45, 2.75) is 49.5 Å². The standard InChI is InChI=1S/C17H21N3OS2/c1-10-18-12-5-6-13-11(15(12)19-10)4-3-8-20(13)17(21)16-14(22-2)7-9-23-16/h7,9,11,13H,3-6,8H2,1-2H3,(H,18,19)/t11-,13-/m1/s1. The number of hydrogen-bond acceptors (Lipinski definition) is 4. The number of carbonyl (C=O) groups excluding carboxylic acids is 1. The van der Waals surface area contributed by atoms with Crippen LogP contribution in [0.5, 0.6) is 0 Å². The second-order valence-corrected chi connectivity index (χ2v) is 8.12. The summed E-state index contributed by atoms with van der Waals surface area (Å²) in [5, 5.41) is 2.02. The first-order valence-corrected chi connectivity index (χ1v) is 10.3. The normalized spacial score (nSPS) is 23.5. The molecule has 3 heterocycles. The minimum absolute atomic E-state index is 0.217. The summed E-state index contributed by atoms with van der Waals surface area (Å²) < 4.78 is 0. The number of amides is 1. The number of aryl methyl sites for hydroxylation is 2. The summed E-state index contributed by atoms with van der Waals surface area (Å²) in [5.74, 6) is 1.62. The van der Waals surface area contributed by atoms with E-state index in [1.807, 2.05) is 18.6 Å². The molecular weight excluding hydrogens is 326 g/mol. The Kier molecular flexibility index (Phi) is 3.97. The van der Waals surface area contributed by atoms with Gasteiger partial charge in [0.2, 0.25) is 0 Å². The molecular formula is C17H21N3OS2. The molecule has 1 aliphatic heterocycles. The Morgan fingerprint density at radius 1 is 1.48 bits per heavy atom. The molecule has 0 radical (unpaired) electrons. The van der Waals surface area contributed by atoms with Crippen LogP contribution in [0.2, 0.25) is 0 Å². The van der Waals surface area contributed by atoms with Crippen LogP contribution in [0, 0.1) is 6.92 Å². The summed E-state index contributed by atoms with van der Waals surface area (Å²) in [6.45, 7) is 2.90. The third-order valence-electron chi connectivity index (χ3n) is 5.05. The number of nitrogens with one attached hydrogen (secondary N) is 1. The zero-order chi connectivity index (χ0) is 16.0. The fourth-order valence-corrected chi connectivity index (χ4v) is 5.78. The van der Waals surface area contributed by atoms with E-state index < -0.39 is 0 Å². The Bertz CT molecular complexity index is 736. The molecule has 6 heteroatoms. The molecule has 1 N–H and O–H groups in total. The number of thiophene rings is 1. The van der Waals surface area contributed by atoms with E-state index >= 15 is 0 Å². The van der Waals surface area contributed by atoms with Crippen molar-refractivity contribution in [3.05, 3.63) is 33.5 Å². The lowest BCUT2D eigenvalue weighted by molar-refractivity contribution is 0.0544. The third-order valence-corrected chi connectivity index (χ3v) is 6.87. The summed E-state index contributed by atoms with van der Waals surface area (Å²) in [5.41, 5.74) is 2.51. The highest BCUT2D eigenvalue weighted by atomic mass is 32.2. The van der Waals surface area contributed by atoms with E-state index in [9.17, 15) is 4.79 Å². The van der Waals surface area contributed by atoms with Crippen LogP contribution in [0.3, 0.4) is 0 Å². The van der Waals surface area contributed by atoms with Crippen molar-refractivity contribution in [2.24, 2.45) is 0 Å². The van der Waals surface area contributed by atoms with Crippen molar-refractivity contribution >= 4 is 29.0 Å². The Morgan fingerprint density at radius 3 is 3.17 bits per heavy atom. The molecule has 23 heavy (non-hydrogen) atoms. The first-order chi connectivity index (χ1) is 11.2. The largest absolute Gasteiger partial charge is 0.346 e. The number of piperidine rings is 1. The van der Waals surface area contributed by atoms with Crippen molar-refractivity contribution in [1.29, 1.82) is 0 Å². The highest BCUT2D eigenvalue weighted by Gasteiger charge is 2.40. The summed E-state index contributed by atoms with van der Waals surface area (Å²) in [4.78, 5) is 25.4. The molecule has 4 rings (SSSR count). The van der Waals surface area contributed by atoms with Gasteiger partial charge in [-0.05, 0) is 50.3 Å².